The molecule has 0 atom stereocenters. The van der Waals surface area contributed by atoms with Crippen molar-refractivity contribution < 1.29 is 0 Å². The number of pyridine rings is 1. The Morgan fingerprint density at radius 1 is 1.29 bits per heavy atom. The van der Waals surface area contributed by atoms with E-state index in [1.807, 2.05) is 18.3 Å². The van der Waals surface area contributed by atoms with Gasteiger partial charge >= 0.3 is 0 Å². The van der Waals surface area contributed by atoms with Crippen LogP contribution in [0, 0.1) is 5.41 Å². The van der Waals surface area contributed by atoms with E-state index in [0.717, 1.165) is 24.5 Å². The summed E-state index contributed by atoms with van der Waals surface area (Å²) in [4.78, 5) is 6.72. The highest BCUT2D eigenvalue weighted by molar-refractivity contribution is 7.80. The Kier molecular flexibility index (Phi) is 6.00. The van der Waals surface area contributed by atoms with E-state index in [4.69, 9.17) is 0 Å². The van der Waals surface area contributed by atoms with Crippen molar-refractivity contribution in [2.24, 2.45) is 5.41 Å². The molecule has 0 radical (unpaired) electrons. The van der Waals surface area contributed by atoms with Gasteiger partial charge in [-0.25, -0.2) is 0 Å². The lowest BCUT2D eigenvalue weighted by molar-refractivity contribution is 0.178. The fourth-order valence-corrected chi connectivity index (χ4v) is 2.69. The molecule has 0 aliphatic heterocycles. The predicted molar refractivity (Wildman–Crippen MR) is 77.4 cm³/mol. The number of rotatable bonds is 7. The topological polar surface area (TPSA) is 16.1 Å². The minimum Gasteiger partial charge on any atom is -0.300 e. The molecule has 1 aromatic heterocycles. The summed E-state index contributed by atoms with van der Waals surface area (Å²) in [6.07, 6.45) is 4.22. The van der Waals surface area contributed by atoms with Gasteiger partial charge in [0.2, 0.25) is 0 Å². The molecule has 0 fully saturated rings. The first-order chi connectivity index (χ1) is 8.15. The molecule has 0 N–H and O–H groups in total. The third-order valence-corrected chi connectivity index (χ3v) is 4.27. The van der Waals surface area contributed by atoms with E-state index in [1.54, 1.807) is 0 Å². The first-order valence-electron chi connectivity index (χ1n) is 6.35. The fraction of sp³-hybridized carbons (Fsp3) is 0.643. The SMILES string of the molecule is CCC(CC)(CS)CN(C)Cc1ccccn1. The second-order valence-corrected chi connectivity index (χ2v) is 5.17. The number of hydrogen-bond acceptors (Lipinski definition) is 3. The molecule has 96 valence electrons. The van der Waals surface area contributed by atoms with Gasteiger partial charge in [0.05, 0.1) is 5.69 Å². The summed E-state index contributed by atoms with van der Waals surface area (Å²) in [5.41, 5.74) is 1.47. The van der Waals surface area contributed by atoms with Gasteiger partial charge in [-0.1, -0.05) is 19.9 Å². The summed E-state index contributed by atoms with van der Waals surface area (Å²) in [6.45, 7) is 6.51. The third-order valence-electron chi connectivity index (χ3n) is 3.60. The van der Waals surface area contributed by atoms with Gasteiger partial charge in [-0.15, -0.1) is 0 Å². The molecule has 0 aliphatic carbocycles. The molecule has 0 unspecified atom stereocenters. The summed E-state index contributed by atoms with van der Waals surface area (Å²) < 4.78 is 0. The van der Waals surface area contributed by atoms with E-state index in [2.05, 4.69) is 49.5 Å². The highest BCUT2D eigenvalue weighted by Crippen LogP contribution is 2.28. The van der Waals surface area contributed by atoms with Gasteiger partial charge in [0, 0.05) is 19.3 Å². The molecular formula is C14H24N2S. The Morgan fingerprint density at radius 3 is 2.47 bits per heavy atom. The van der Waals surface area contributed by atoms with Crippen molar-refractivity contribution in [3.8, 4) is 0 Å². The lowest BCUT2D eigenvalue weighted by atomic mass is 9.84. The smallest absolute Gasteiger partial charge is 0.0543 e. The first kappa shape index (κ1) is 14.5. The summed E-state index contributed by atoms with van der Waals surface area (Å²) in [7, 11) is 2.16. The van der Waals surface area contributed by atoms with Crippen molar-refractivity contribution in [1.82, 2.24) is 9.88 Å². The first-order valence-corrected chi connectivity index (χ1v) is 6.98. The van der Waals surface area contributed by atoms with Crippen LogP contribution < -0.4 is 0 Å². The zero-order chi connectivity index (χ0) is 12.7. The fourth-order valence-electron chi connectivity index (χ4n) is 2.14. The molecule has 0 saturated heterocycles. The number of hydrogen-bond donors (Lipinski definition) is 1. The van der Waals surface area contributed by atoms with Crippen LogP contribution in [0.5, 0.6) is 0 Å². The quantitative estimate of drug-likeness (QED) is 0.750. The Balaban J connectivity index is 2.56. The average molecular weight is 252 g/mol. The molecule has 1 heterocycles. The maximum Gasteiger partial charge on any atom is 0.0543 e. The normalized spacial score (nSPS) is 12.1. The van der Waals surface area contributed by atoms with Crippen molar-refractivity contribution in [3.63, 3.8) is 0 Å². The van der Waals surface area contributed by atoms with Gasteiger partial charge in [0.1, 0.15) is 0 Å². The second-order valence-electron chi connectivity index (χ2n) is 4.86. The van der Waals surface area contributed by atoms with Gasteiger partial charge in [-0.3, -0.25) is 9.88 Å². The van der Waals surface area contributed by atoms with Crippen molar-refractivity contribution >= 4 is 12.6 Å². The number of aromatic nitrogens is 1. The number of thiol groups is 1. The van der Waals surface area contributed by atoms with Crippen LogP contribution in [-0.4, -0.2) is 29.2 Å². The predicted octanol–water partition coefficient (Wildman–Crippen LogP) is 3.25. The van der Waals surface area contributed by atoms with Crippen LogP contribution in [-0.2, 0) is 6.54 Å². The van der Waals surface area contributed by atoms with Crippen molar-refractivity contribution in [1.29, 1.82) is 0 Å². The Labute approximate surface area is 111 Å². The standard InChI is InChI=1S/C14H24N2S/c1-4-14(5-2,12-17)11-16(3)10-13-8-6-7-9-15-13/h6-9,17H,4-5,10-12H2,1-3H3. The van der Waals surface area contributed by atoms with Crippen LogP contribution in [0.25, 0.3) is 0 Å². The number of nitrogens with zero attached hydrogens (tertiary/aromatic N) is 2. The molecule has 0 aromatic carbocycles. The zero-order valence-corrected chi connectivity index (χ0v) is 12.1. The van der Waals surface area contributed by atoms with Crippen LogP contribution in [0.1, 0.15) is 32.4 Å². The molecule has 0 bridgehead atoms. The molecule has 17 heavy (non-hydrogen) atoms. The Morgan fingerprint density at radius 2 is 2.00 bits per heavy atom. The van der Waals surface area contributed by atoms with Crippen molar-refractivity contribution in [3.05, 3.63) is 30.1 Å². The van der Waals surface area contributed by atoms with E-state index >= 15 is 0 Å². The lowest BCUT2D eigenvalue weighted by Crippen LogP contribution is -2.36. The van der Waals surface area contributed by atoms with Gasteiger partial charge < -0.3 is 0 Å². The molecule has 3 heteroatoms. The largest absolute Gasteiger partial charge is 0.300 e. The van der Waals surface area contributed by atoms with Crippen molar-refractivity contribution in [2.75, 3.05) is 19.3 Å². The molecule has 0 saturated carbocycles. The minimum atomic E-state index is 0.340. The van der Waals surface area contributed by atoms with Crippen LogP contribution in [0.15, 0.2) is 24.4 Å². The van der Waals surface area contributed by atoms with Crippen LogP contribution >= 0.6 is 12.6 Å². The van der Waals surface area contributed by atoms with Crippen LogP contribution in [0.4, 0.5) is 0 Å². The summed E-state index contributed by atoms with van der Waals surface area (Å²) >= 11 is 4.52. The van der Waals surface area contributed by atoms with Crippen LogP contribution in [0.2, 0.25) is 0 Å². The van der Waals surface area contributed by atoms with Gasteiger partial charge in [-0.05, 0) is 43.2 Å². The molecule has 0 spiro atoms. The summed E-state index contributed by atoms with van der Waals surface area (Å²) in [5, 5.41) is 0. The molecule has 1 rings (SSSR count). The van der Waals surface area contributed by atoms with E-state index in [1.165, 1.54) is 12.8 Å². The average Bonchev–Trinajstić information content (AvgIpc) is 2.37. The Bertz CT molecular complexity index is 301. The van der Waals surface area contributed by atoms with E-state index in [-0.39, 0.29) is 0 Å². The lowest BCUT2D eigenvalue weighted by Gasteiger charge is -2.34. The third kappa shape index (κ3) is 4.32. The van der Waals surface area contributed by atoms with E-state index in [9.17, 15) is 0 Å². The minimum absolute atomic E-state index is 0.340. The maximum atomic E-state index is 4.52. The summed E-state index contributed by atoms with van der Waals surface area (Å²) in [5.74, 6) is 0.951. The molecule has 0 amide bonds. The highest BCUT2D eigenvalue weighted by Gasteiger charge is 2.26. The van der Waals surface area contributed by atoms with E-state index < -0.39 is 0 Å². The second kappa shape index (κ2) is 7.02. The van der Waals surface area contributed by atoms with Crippen molar-refractivity contribution in [2.45, 2.75) is 33.2 Å². The van der Waals surface area contributed by atoms with Gasteiger partial charge in [0.15, 0.2) is 0 Å². The molecule has 2 nitrogen and oxygen atoms in total. The highest BCUT2D eigenvalue weighted by atomic mass is 32.1. The maximum absolute atomic E-state index is 4.52. The van der Waals surface area contributed by atoms with Gasteiger partial charge in [0.25, 0.3) is 0 Å². The van der Waals surface area contributed by atoms with Crippen LogP contribution in [0.3, 0.4) is 0 Å². The molecule has 0 aliphatic rings. The molecular weight excluding hydrogens is 228 g/mol. The Hall–Kier alpha value is -0.540. The summed E-state index contributed by atoms with van der Waals surface area (Å²) in [6, 6.07) is 6.08. The monoisotopic (exact) mass is 252 g/mol. The van der Waals surface area contributed by atoms with E-state index in [0.29, 0.717) is 5.41 Å². The molecule has 1 aromatic rings. The zero-order valence-electron chi connectivity index (χ0n) is 11.2. The van der Waals surface area contributed by atoms with Gasteiger partial charge in [-0.2, -0.15) is 12.6 Å².